The van der Waals surface area contributed by atoms with Gasteiger partial charge in [-0.1, -0.05) is 255 Å². The lowest BCUT2D eigenvalue weighted by atomic mass is 9.90. The molecule has 90 heavy (non-hydrogen) atoms. The standard InChI is InChI=1S/C86H98N4/c1-9-17-21-61(13-5)49-67-29-45-83-79(55-67)80-56-68(50-62(14-6)22-18-10-2)30-46-84(80)89(83)77-41-37-73(38-42-77)75(59-87)53-65-25-33-71(34-26-65)72-35-27-66(28-36-72)54-76(60-88)74-39-43-78(44-40-74)90-85-47-31-69(51-63(15-7)23-19-11-3)57-81(85)82-58-70(32-48-86(82)90)52-64(16-8)24-20-12-4/h25-48,53-58,61-64H,9-24,49-52H2,1-8H3/b75-53+,76-54+. The van der Waals surface area contributed by atoms with Crippen molar-refractivity contribution in [2.24, 2.45) is 23.7 Å². The zero-order valence-corrected chi connectivity index (χ0v) is 55.6. The molecule has 10 aromatic rings. The predicted molar refractivity (Wildman–Crippen MR) is 388 cm³/mol. The molecule has 0 aliphatic rings. The first-order valence-corrected chi connectivity index (χ1v) is 34.9. The maximum atomic E-state index is 10.6. The first-order chi connectivity index (χ1) is 44.1. The third-order valence-corrected chi connectivity index (χ3v) is 19.9. The monoisotopic (exact) mass is 1190 g/mol. The van der Waals surface area contributed by atoms with Crippen LogP contribution < -0.4 is 0 Å². The molecule has 0 aliphatic carbocycles. The molecular weight excluding hydrogens is 1090 g/mol. The maximum Gasteiger partial charge on any atom is 0.0998 e. The van der Waals surface area contributed by atoms with Crippen LogP contribution in [0.1, 0.15) is 203 Å². The summed E-state index contributed by atoms with van der Waals surface area (Å²) in [5.74, 6) is 2.81. The summed E-state index contributed by atoms with van der Waals surface area (Å²) in [4.78, 5) is 0. The first kappa shape index (κ1) is 64.8. The molecule has 0 spiro atoms. The van der Waals surface area contributed by atoms with E-state index >= 15 is 0 Å². The highest BCUT2D eigenvalue weighted by Crippen LogP contribution is 2.39. The van der Waals surface area contributed by atoms with E-state index in [1.165, 1.54) is 169 Å². The molecule has 10 rings (SSSR count). The van der Waals surface area contributed by atoms with Crippen LogP contribution in [0, 0.1) is 46.3 Å². The van der Waals surface area contributed by atoms with E-state index in [1.807, 2.05) is 12.2 Å². The minimum absolute atomic E-state index is 0.623. The van der Waals surface area contributed by atoms with Crippen LogP contribution in [0.15, 0.2) is 170 Å². The van der Waals surface area contributed by atoms with E-state index in [0.717, 1.165) is 70.4 Å². The summed E-state index contributed by atoms with van der Waals surface area (Å²) in [6, 6.07) is 67.8. The fraction of sp³-hybridized carbons (Fsp3) is 0.372. The quantitative estimate of drug-likeness (QED) is 0.0321. The molecule has 8 aromatic carbocycles. The Hall–Kier alpha value is -8.18. The van der Waals surface area contributed by atoms with Crippen LogP contribution in [-0.4, -0.2) is 9.13 Å². The molecule has 0 N–H and O–H groups in total. The molecule has 0 amide bonds. The molecule has 4 atom stereocenters. The van der Waals surface area contributed by atoms with Crippen molar-refractivity contribution < 1.29 is 0 Å². The number of rotatable bonds is 31. The Labute approximate surface area is 540 Å². The number of hydrogen-bond donors (Lipinski definition) is 0. The van der Waals surface area contributed by atoms with Crippen molar-refractivity contribution >= 4 is 66.9 Å². The summed E-state index contributed by atoms with van der Waals surface area (Å²) in [7, 11) is 0. The highest BCUT2D eigenvalue weighted by molar-refractivity contribution is 6.11. The number of aromatic nitrogens is 2. The minimum Gasteiger partial charge on any atom is -0.309 e. The van der Waals surface area contributed by atoms with Gasteiger partial charge in [0.2, 0.25) is 0 Å². The van der Waals surface area contributed by atoms with E-state index in [4.69, 9.17) is 0 Å². The fourth-order valence-corrected chi connectivity index (χ4v) is 14.2. The third-order valence-electron chi connectivity index (χ3n) is 19.9. The van der Waals surface area contributed by atoms with E-state index in [-0.39, 0.29) is 0 Å². The summed E-state index contributed by atoms with van der Waals surface area (Å²) in [5, 5.41) is 26.5. The summed E-state index contributed by atoms with van der Waals surface area (Å²) >= 11 is 0. The Bertz CT molecular complexity index is 3710. The van der Waals surface area contributed by atoms with Crippen molar-refractivity contribution in [1.29, 1.82) is 10.5 Å². The van der Waals surface area contributed by atoms with Crippen LogP contribution >= 0.6 is 0 Å². The van der Waals surface area contributed by atoms with E-state index in [0.29, 0.717) is 34.8 Å². The van der Waals surface area contributed by atoms with Crippen molar-refractivity contribution in [2.75, 3.05) is 0 Å². The molecule has 2 aromatic heterocycles. The second kappa shape index (κ2) is 31.5. The second-order valence-corrected chi connectivity index (χ2v) is 26.2. The average molecular weight is 1190 g/mol. The van der Waals surface area contributed by atoms with E-state index in [2.05, 4.69) is 247 Å². The highest BCUT2D eigenvalue weighted by Gasteiger charge is 2.20. The van der Waals surface area contributed by atoms with Gasteiger partial charge in [-0.3, -0.25) is 0 Å². The normalized spacial score (nSPS) is 13.5. The van der Waals surface area contributed by atoms with Crippen LogP contribution in [0.2, 0.25) is 0 Å². The average Bonchev–Trinajstić information content (AvgIpc) is 1.62. The van der Waals surface area contributed by atoms with Gasteiger partial charge < -0.3 is 9.13 Å². The Morgan fingerprint density at radius 2 is 0.611 bits per heavy atom. The van der Waals surface area contributed by atoms with E-state index in [1.54, 1.807) is 0 Å². The molecule has 0 bridgehead atoms. The van der Waals surface area contributed by atoms with Crippen molar-refractivity contribution in [3.63, 3.8) is 0 Å². The third kappa shape index (κ3) is 15.3. The Morgan fingerprint density at radius 1 is 0.344 bits per heavy atom. The molecule has 0 aliphatic heterocycles. The molecule has 4 unspecified atom stereocenters. The number of benzene rings is 8. The first-order valence-electron chi connectivity index (χ1n) is 34.9. The Morgan fingerprint density at radius 3 is 0.844 bits per heavy atom. The molecular formula is C86H98N4. The van der Waals surface area contributed by atoms with Gasteiger partial charge in [-0.05, 0) is 190 Å². The van der Waals surface area contributed by atoms with Crippen LogP contribution in [0.5, 0.6) is 0 Å². The van der Waals surface area contributed by atoms with Crippen LogP contribution in [0.25, 0.3) is 89.4 Å². The van der Waals surface area contributed by atoms with E-state index in [9.17, 15) is 10.5 Å². The second-order valence-electron chi connectivity index (χ2n) is 26.2. The maximum absolute atomic E-state index is 10.6. The fourth-order valence-electron chi connectivity index (χ4n) is 14.2. The SMILES string of the molecule is CCCCC(CC)Cc1ccc2c(c1)c1cc(CC(CC)CCCC)ccc1n2-c1ccc(/C(C#N)=C/c2ccc(-c3ccc(/C=C(\C#N)c4ccc(-n5c6ccc(CC(CC)CCCC)cc6c6cc(CC(CC)CCCC)ccc65)cc4)cc3)cc2)cc1. The minimum atomic E-state index is 0.623. The van der Waals surface area contributed by atoms with Gasteiger partial charge in [0.15, 0.2) is 0 Å². The number of nitrogens with zero attached hydrogens (tertiary/aromatic N) is 4. The zero-order chi connectivity index (χ0) is 62.9. The number of nitriles is 2. The lowest BCUT2D eigenvalue weighted by molar-refractivity contribution is 0.449. The van der Waals surface area contributed by atoms with Crippen molar-refractivity contribution in [1.82, 2.24) is 9.13 Å². The van der Waals surface area contributed by atoms with Gasteiger partial charge in [-0.2, -0.15) is 10.5 Å². The van der Waals surface area contributed by atoms with Gasteiger partial charge in [0.1, 0.15) is 0 Å². The van der Waals surface area contributed by atoms with Gasteiger partial charge >= 0.3 is 0 Å². The highest BCUT2D eigenvalue weighted by atomic mass is 15.0. The number of hydrogen-bond acceptors (Lipinski definition) is 2. The zero-order valence-electron chi connectivity index (χ0n) is 55.6. The van der Waals surface area contributed by atoms with Gasteiger partial charge in [0.25, 0.3) is 0 Å². The Balaban J connectivity index is 0.855. The molecule has 4 heteroatoms. The molecule has 0 fully saturated rings. The number of allylic oxidation sites excluding steroid dienone is 2. The summed E-state index contributed by atoms with van der Waals surface area (Å²) < 4.78 is 4.84. The summed E-state index contributed by atoms with van der Waals surface area (Å²) in [5.41, 5.74) is 20.0. The van der Waals surface area contributed by atoms with Crippen molar-refractivity contribution in [2.45, 2.75) is 184 Å². The van der Waals surface area contributed by atoms with Gasteiger partial charge in [-0.15, -0.1) is 0 Å². The summed E-state index contributed by atoms with van der Waals surface area (Å²) in [6.45, 7) is 18.6. The van der Waals surface area contributed by atoms with Crippen molar-refractivity contribution in [3.8, 4) is 34.6 Å². The molecule has 0 radical (unpaired) electrons. The number of fused-ring (bicyclic) bond motifs is 6. The lowest BCUT2D eigenvalue weighted by Gasteiger charge is -2.15. The van der Waals surface area contributed by atoms with Crippen LogP contribution in [0.3, 0.4) is 0 Å². The smallest absolute Gasteiger partial charge is 0.0998 e. The molecule has 0 saturated heterocycles. The molecule has 4 nitrogen and oxygen atoms in total. The topological polar surface area (TPSA) is 57.4 Å². The molecule has 2 heterocycles. The molecule has 0 saturated carbocycles. The summed E-state index contributed by atoms with van der Waals surface area (Å²) in [6.07, 6.45) is 28.6. The number of unbranched alkanes of at least 4 members (excludes halogenated alkanes) is 4. The van der Waals surface area contributed by atoms with Gasteiger partial charge in [-0.25, -0.2) is 0 Å². The van der Waals surface area contributed by atoms with Crippen LogP contribution in [0.4, 0.5) is 0 Å². The van der Waals surface area contributed by atoms with Crippen LogP contribution in [-0.2, 0) is 25.7 Å². The largest absolute Gasteiger partial charge is 0.309 e. The predicted octanol–water partition coefficient (Wildman–Crippen LogP) is 24.7. The van der Waals surface area contributed by atoms with Gasteiger partial charge in [0.05, 0.1) is 45.4 Å². The van der Waals surface area contributed by atoms with Crippen molar-refractivity contribution in [3.05, 3.63) is 214 Å². The van der Waals surface area contributed by atoms with Gasteiger partial charge in [0, 0.05) is 32.9 Å². The van der Waals surface area contributed by atoms with E-state index < -0.39 is 0 Å². The lowest BCUT2D eigenvalue weighted by Crippen LogP contribution is -2.03. The molecule has 462 valence electrons. The Kier molecular flexibility index (Phi) is 22.7.